The number of benzene rings is 1. The molecule has 1 aromatic rings. The summed E-state index contributed by atoms with van der Waals surface area (Å²) in [5.74, 6) is 1.24. The van der Waals surface area contributed by atoms with E-state index in [1.807, 2.05) is 0 Å². The molecule has 7 heteroatoms. The third-order valence-electron chi connectivity index (χ3n) is 10.7. The SMILES string of the molecule is COC(=O)[C@@H]1[C@@H](C)[C@H](O)CN1C(=O)c1cc(C2CC2)c(OCC23CC4CC5CC(C2)C543)cc1F. The van der Waals surface area contributed by atoms with E-state index in [1.165, 1.54) is 43.8 Å². The second-order valence-corrected chi connectivity index (χ2v) is 12.0. The molecular formula is C27H32FNO5. The standard InChI is InChI=1S/C27H32FNO5/c1-13-21(30)11-29(23(13)25(32)33-2)24(31)19-7-18(14-3-4-14)22(8-20(19)28)34-12-26-9-16-5-15-6-17(10-26)27(15,16)26/h7-8,13-17,21,23,30H,3-6,9-12H2,1-2H3/t13-,15?,16?,17?,21+,23-,26?,27?/m0/s1. The number of hydrogen-bond donors (Lipinski definition) is 1. The molecule has 5 atom stereocenters. The van der Waals surface area contributed by atoms with Crippen LogP contribution in [0.2, 0.25) is 0 Å². The van der Waals surface area contributed by atoms with E-state index in [-0.39, 0.29) is 18.0 Å². The van der Waals surface area contributed by atoms with Gasteiger partial charge in [0.05, 0.1) is 25.4 Å². The number of halogens is 1. The number of hydrogen-bond acceptors (Lipinski definition) is 5. The molecule has 182 valence electrons. The molecule has 0 bridgehead atoms. The van der Waals surface area contributed by atoms with Gasteiger partial charge in [-0.2, -0.15) is 0 Å². The maximum atomic E-state index is 15.3. The van der Waals surface area contributed by atoms with Crippen molar-refractivity contribution < 1.29 is 28.6 Å². The molecule has 34 heavy (non-hydrogen) atoms. The van der Waals surface area contributed by atoms with Crippen molar-refractivity contribution in [1.29, 1.82) is 0 Å². The number of carbonyl (C=O) groups is 2. The minimum atomic E-state index is -0.929. The van der Waals surface area contributed by atoms with Gasteiger partial charge in [-0.3, -0.25) is 4.79 Å². The Bertz CT molecular complexity index is 1070. The summed E-state index contributed by atoms with van der Waals surface area (Å²) in [5.41, 5.74) is 1.68. The number of aliphatic hydroxyl groups excluding tert-OH is 1. The first-order chi connectivity index (χ1) is 16.3. The van der Waals surface area contributed by atoms with Gasteiger partial charge < -0.3 is 19.5 Å². The maximum Gasteiger partial charge on any atom is 0.328 e. The van der Waals surface area contributed by atoms with Gasteiger partial charge in [0.1, 0.15) is 17.6 Å². The maximum absolute atomic E-state index is 15.3. The molecule has 1 spiro atoms. The summed E-state index contributed by atoms with van der Waals surface area (Å²) in [4.78, 5) is 27.0. The molecule has 5 saturated carbocycles. The Morgan fingerprint density at radius 1 is 1.18 bits per heavy atom. The Morgan fingerprint density at radius 3 is 2.47 bits per heavy atom. The minimum Gasteiger partial charge on any atom is -0.493 e. The Labute approximate surface area is 198 Å². The summed E-state index contributed by atoms with van der Waals surface area (Å²) in [6, 6.07) is 2.08. The lowest BCUT2D eigenvalue weighted by molar-refractivity contribution is -0.436. The summed E-state index contributed by atoms with van der Waals surface area (Å²) in [7, 11) is 1.25. The van der Waals surface area contributed by atoms with E-state index in [0.29, 0.717) is 23.2 Å². The number of nitrogens with zero attached hydrogens (tertiary/aromatic N) is 1. The zero-order chi connectivity index (χ0) is 23.6. The lowest BCUT2D eigenvalue weighted by atomic mass is 9.13. The monoisotopic (exact) mass is 469 g/mol. The molecule has 1 saturated heterocycles. The van der Waals surface area contributed by atoms with Gasteiger partial charge in [-0.1, -0.05) is 6.92 Å². The number of β-amino-alcohol motifs (C(OH)–C–C–N with tert-alkyl or cyclic N) is 1. The number of aliphatic hydroxyl groups is 1. The third-order valence-corrected chi connectivity index (χ3v) is 10.7. The molecule has 7 rings (SSSR count). The van der Waals surface area contributed by atoms with Crippen LogP contribution in [0.25, 0.3) is 0 Å². The number of esters is 1. The van der Waals surface area contributed by atoms with Crippen LogP contribution in [0.4, 0.5) is 4.39 Å². The highest BCUT2D eigenvalue weighted by atomic mass is 19.1. The van der Waals surface area contributed by atoms with E-state index in [0.717, 1.165) is 36.2 Å². The van der Waals surface area contributed by atoms with Crippen molar-refractivity contribution in [2.75, 3.05) is 20.3 Å². The fourth-order valence-electron chi connectivity index (χ4n) is 9.00. The molecule has 6 fully saturated rings. The van der Waals surface area contributed by atoms with Gasteiger partial charge in [-0.25, -0.2) is 9.18 Å². The predicted octanol–water partition coefficient (Wildman–Crippen LogP) is 3.51. The average molecular weight is 470 g/mol. The van der Waals surface area contributed by atoms with Crippen LogP contribution in [0.5, 0.6) is 5.75 Å². The Hall–Kier alpha value is -2.15. The van der Waals surface area contributed by atoms with Crippen molar-refractivity contribution in [2.24, 2.45) is 34.5 Å². The third kappa shape index (κ3) is 2.40. The van der Waals surface area contributed by atoms with Crippen molar-refractivity contribution in [3.8, 4) is 5.75 Å². The number of ether oxygens (including phenoxy) is 2. The summed E-state index contributed by atoms with van der Waals surface area (Å²) in [5, 5.41) is 10.3. The van der Waals surface area contributed by atoms with E-state index in [9.17, 15) is 14.7 Å². The lowest BCUT2D eigenvalue weighted by Crippen LogP contribution is -2.86. The topological polar surface area (TPSA) is 76.1 Å². The molecule has 1 heterocycles. The van der Waals surface area contributed by atoms with Crippen molar-refractivity contribution >= 4 is 11.9 Å². The number of carbonyl (C=O) groups excluding carboxylic acids is 2. The van der Waals surface area contributed by atoms with Crippen molar-refractivity contribution in [3.63, 3.8) is 0 Å². The van der Waals surface area contributed by atoms with Gasteiger partial charge >= 0.3 is 5.97 Å². The molecule has 0 aromatic heterocycles. The van der Waals surface area contributed by atoms with Crippen LogP contribution in [0.3, 0.4) is 0 Å². The predicted molar refractivity (Wildman–Crippen MR) is 120 cm³/mol. The zero-order valence-corrected chi connectivity index (χ0v) is 19.8. The molecule has 1 amide bonds. The molecule has 1 aromatic carbocycles. The summed E-state index contributed by atoms with van der Waals surface area (Å²) in [6.45, 7) is 2.33. The minimum absolute atomic E-state index is 0.0235. The number of amides is 1. The molecule has 5 aliphatic carbocycles. The van der Waals surface area contributed by atoms with Crippen molar-refractivity contribution in [2.45, 2.75) is 63.5 Å². The number of methoxy groups -OCH3 is 1. The second kappa shape index (κ2) is 6.74. The Kier molecular flexibility index (Phi) is 4.20. The van der Waals surface area contributed by atoms with Crippen LogP contribution in [-0.2, 0) is 9.53 Å². The van der Waals surface area contributed by atoms with Crippen molar-refractivity contribution in [1.82, 2.24) is 4.90 Å². The first-order valence-electron chi connectivity index (χ1n) is 12.8. The first-order valence-corrected chi connectivity index (χ1v) is 12.8. The van der Waals surface area contributed by atoms with Crippen LogP contribution in [0.15, 0.2) is 12.1 Å². The molecular weight excluding hydrogens is 437 g/mol. The number of likely N-dealkylation sites (tertiary alicyclic amines) is 1. The quantitative estimate of drug-likeness (QED) is 0.646. The summed E-state index contributed by atoms with van der Waals surface area (Å²) < 4.78 is 26.6. The average Bonchev–Trinajstić information content (AvgIpc) is 3.56. The second-order valence-electron chi connectivity index (χ2n) is 12.0. The summed E-state index contributed by atoms with van der Waals surface area (Å²) in [6.07, 6.45) is 6.44. The normalized spacial score (nSPS) is 42.9. The largest absolute Gasteiger partial charge is 0.493 e. The first kappa shape index (κ1) is 21.2. The summed E-state index contributed by atoms with van der Waals surface area (Å²) >= 11 is 0. The molecule has 6 nitrogen and oxygen atoms in total. The van der Waals surface area contributed by atoms with Crippen LogP contribution < -0.4 is 4.74 Å². The van der Waals surface area contributed by atoms with Gasteiger partial charge in [-0.05, 0) is 79.2 Å². The van der Waals surface area contributed by atoms with Crippen LogP contribution in [0, 0.1) is 40.3 Å². The van der Waals surface area contributed by atoms with E-state index in [2.05, 4.69) is 0 Å². The van der Waals surface area contributed by atoms with Crippen LogP contribution >= 0.6 is 0 Å². The smallest absolute Gasteiger partial charge is 0.328 e. The number of rotatable bonds is 6. The Balaban J connectivity index is 1.15. The lowest BCUT2D eigenvalue weighted by Gasteiger charge is -2.91. The van der Waals surface area contributed by atoms with Gasteiger partial charge in [-0.15, -0.1) is 0 Å². The highest BCUT2D eigenvalue weighted by Gasteiger charge is 2.87. The molecule has 1 N–H and O–H groups in total. The van der Waals surface area contributed by atoms with Gasteiger partial charge in [0.2, 0.25) is 0 Å². The highest BCUT2D eigenvalue weighted by Crippen LogP contribution is 2.92. The van der Waals surface area contributed by atoms with Crippen LogP contribution in [-0.4, -0.2) is 54.3 Å². The molecule has 6 aliphatic rings. The van der Waals surface area contributed by atoms with E-state index in [1.54, 1.807) is 13.0 Å². The van der Waals surface area contributed by atoms with E-state index >= 15 is 4.39 Å². The Morgan fingerprint density at radius 2 is 1.88 bits per heavy atom. The van der Waals surface area contributed by atoms with Gasteiger partial charge in [0, 0.05) is 23.9 Å². The van der Waals surface area contributed by atoms with Gasteiger partial charge in [0.25, 0.3) is 5.91 Å². The van der Waals surface area contributed by atoms with Gasteiger partial charge in [0.15, 0.2) is 0 Å². The molecule has 0 radical (unpaired) electrons. The fourth-order valence-corrected chi connectivity index (χ4v) is 9.00. The van der Waals surface area contributed by atoms with Crippen LogP contribution in [0.1, 0.15) is 67.3 Å². The van der Waals surface area contributed by atoms with Crippen molar-refractivity contribution in [3.05, 3.63) is 29.1 Å². The molecule has 1 aliphatic heterocycles. The van der Waals surface area contributed by atoms with E-state index < -0.39 is 35.8 Å². The zero-order valence-electron chi connectivity index (χ0n) is 19.8. The molecule has 2 unspecified atom stereocenters. The fraction of sp³-hybridized carbons (Fsp3) is 0.704. The van der Waals surface area contributed by atoms with E-state index in [4.69, 9.17) is 9.47 Å². The highest BCUT2D eigenvalue weighted by molar-refractivity contribution is 5.98.